The van der Waals surface area contributed by atoms with Crippen molar-refractivity contribution in [2.24, 2.45) is 5.73 Å². The molecule has 3 N–H and O–H groups in total. The summed E-state index contributed by atoms with van der Waals surface area (Å²) < 4.78 is 7.19. The van der Waals surface area contributed by atoms with Crippen LogP contribution in [0.2, 0.25) is 0 Å². The molecule has 3 aromatic rings. The Morgan fingerprint density at radius 1 is 1.39 bits per heavy atom. The van der Waals surface area contributed by atoms with Gasteiger partial charge in [-0.25, -0.2) is 0 Å². The maximum Gasteiger partial charge on any atom is 0.290 e. The van der Waals surface area contributed by atoms with Gasteiger partial charge in [-0.1, -0.05) is 17.2 Å². The number of carbonyl (C=O) groups is 1. The molecule has 1 fully saturated rings. The summed E-state index contributed by atoms with van der Waals surface area (Å²) in [6.45, 7) is 5.83. The number of hydrogen-bond acceptors (Lipinski definition) is 7. The maximum absolute atomic E-state index is 13.0. The minimum absolute atomic E-state index is 0.0236. The van der Waals surface area contributed by atoms with E-state index in [1.807, 2.05) is 38.1 Å². The predicted octanol–water partition coefficient (Wildman–Crippen LogP) is 0.469. The standard InChI is InChI=1S/C18H22N8O2/c1-11-16(12(2)26(22-11)18-20-23-24-21-18)13-4-3-5-14(8-13)17(27)25-6-7-28-15(9-19)10-25/h3-5,8,15H,6-7,9-10,19H2,1-2H3,(H,20,21,23,24). The van der Waals surface area contributed by atoms with Gasteiger partial charge in [0.05, 0.1) is 24.1 Å². The van der Waals surface area contributed by atoms with Gasteiger partial charge in [0, 0.05) is 30.8 Å². The number of aryl methyl sites for hydroxylation is 1. The summed E-state index contributed by atoms with van der Waals surface area (Å²) in [4.78, 5) is 14.8. The molecular weight excluding hydrogens is 360 g/mol. The lowest BCUT2D eigenvalue weighted by Gasteiger charge is -2.32. The Kier molecular flexibility index (Phi) is 4.88. The first kappa shape index (κ1) is 18.3. The van der Waals surface area contributed by atoms with E-state index >= 15 is 0 Å². The highest BCUT2D eigenvalue weighted by Gasteiger charge is 2.25. The zero-order valence-electron chi connectivity index (χ0n) is 15.8. The molecule has 0 bridgehead atoms. The fourth-order valence-electron chi connectivity index (χ4n) is 3.54. The van der Waals surface area contributed by atoms with Crippen LogP contribution in [0.5, 0.6) is 0 Å². The van der Waals surface area contributed by atoms with Gasteiger partial charge in [0.2, 0.25) is 0 Å². The van der Waals surface area contributed by atoms with Crippen LogP contribution in [-0.2, 0) is 4.74 Å². The van der Waals surface area contributed by atoms with Crippen molar-refractivity contribution in [2.75, 3.05) is 26.2 Å². The van der Waals surface area contributed by atoms with E-state index in [2.05, 4.69) is 25.7 Å². The van der Waals surface area contributed by atoms with E-state index in [4.69, 9.17) is 10.5 Å². The van der Waals surface area contributed by atoms with Crippen molar-refractivity contribution in [3.8, 4) is 17.1 Å². The number of carbonyl (C=O) groups excluding carboxylic acids is 1. The first-order valence-electron chi connectivity index (χ1n) is 9.10. The van der Waals surface area contributed by atoms with E-state index in [0.717, 1.165) is 22.5 Å². The molecule has 0 spiro atoms. The molecule has 1 aliphatic heterocycles. The number of nitrogens with zero attached hydrogens (tertiary/aromatic N) is 6. The predicted molar refractivity (Wildman–Crippen MR) is 101 cm³/mol. The van der Waals surface area contributed by atoms with Gasteiger partial charge < -0.3 is 15.4 Å². The number of aromatic nitrogens is 6. The Bertz CT molecular complexity index is 982. The first-order valence-corrected chi connectivity index (χ1v) is 9.10. The Morgan fingerprint density at radius 2 is 2.25 bits per heavy atom. The van der Waals surface area contributed by atoms with Gasteiger partial charge in [0.1, 0.15) is 0 Å². The highest BCUT2D eigenvalue weighted by atomic mass is 16.5. The van der Waals surface area contributed by atoms with Gasteiger partial charge in [-0.2, -0.15) is 15.0 Å². The van der Waals surface area contributed by atoms with Gasteiger partial charge in [0.15, 0.2) is 0 Å². The van der Waals surface area contributed by atoms with Crippen molar-refractivity contribution in [3.05, 3.63) is 41.2 Å². The van der Waals surface area contributed by atoms with Crippen LogP contribution in [0.1, 0.15) is 21.7 Å². The van der Waals surface area contributed by atoms with E-state index in [1.165, 1.54) is 0 Å². The highest BCUT2D eigenvalue weighted by Crippen LogP contribution is 2.29. The number of nitrogens with two attached hydrogens (primary N) is 1. The maximum atomic E-state index is 13.0. The molecule has 1 atom stereocenters. The molecule has 2 aromatic heterocycles. The smallest absolute Gasteiger partial charge is 0.290 e. The van der Waals surface area contributed by atoms with Crippen LogP contribution in [0.3, 0.4) is 0 Å². The Hall–Kier alpha value is -3.11. The van der Waals surface area contributed by atoms with E-state index in [0.29, 0.717) is 37.8 Å². The summed E-state index contributed by atoms with van der Waals surface area (Å²) in [6, 6.07) is 7.57. The molecule has 0 saturated carbocycles. The van der Waals surface area contributed by atoms with Crippen LogP contribution in [0.4, 0.5) is 0 Å². The quantitative estimate of drug-likeness (QED) is 0.671. The molecule has 28 heavy (non-hydrogen) atoms. The third-order valence-corrected chi connectivity index (χ3v) is 4.90. The molecular formula is C18H22N8O2. The number of tetrazole rings is 1. The van der Waals surface area contributed by atoms with Crippen molar-refractivity contribution in [1.82, 2.24) is 35.3 Å². The molecule has 1 aliphatic rings. The fourth-order valence-corrected chi connectivity index (χ4v) is 3.54. The van der Waals surface area contributed by atoms with Crippen LogP contribution < -0.4 is 5.73 Å². The lowest BCUT2D eigenvalue weighted by atomic mass is 10.0. The number of aromatic amines is 1. The third-order valence-electron chi connectivity index (χ3n) is 4.90. The van der Waals surface area contributed by atoms with Gasteiger partial charge >= 0.3 is 0 Å². The molecule has 1 amide bonds. The third kappa shape index (κ3) is 3.27. The Balaban J connectivity index is 1.65. The van der Waals surface area contributed by atoms with Crippen LogP contribution in [-0.4, -0.2) is 73.6 Å². The molecule has 1 aromatic carbocycles. The number of amides is 1. The summed E-state index contributed by atoms with van der Waals surface area (Å²) in [5, 5.41) is 18.5. The highest BCUT2D eigenvalue weighted by molar-refractivity contribution is 5.95. The average Bonchev–Trinajstić information content (AvgIpc) is 3.35. The van der Waals surface area contributed by atoms with Crippen LogP contribution in [0.15, 0.2) is 24.3 Å². The fraction of sp³-hybridized carbons (Fsp3) is 0.389. The van der Waals surface area contributed by atoms with E-state index < -0.39 is 0 Å². The van der Waals surface area contributed by atoms with Crippen LogP contribution >= 0.6 is 0 Å². The number of H-pyrrole nitrogens is 1. The van der Waals surface area contributed by atoms with Gasteiger partial charge in [-0.15, -0.1) is 5.10 Å². The molecule has 1 unspecified atom stereocenters. The molecule has 4 rings (SSSR count). The topological polar surface area (TPSA) is 128 Å². The van der Waals surface area contributed by atoms with Gasteiger partial charge in [0.25, 0.3) is 11.9 Å². The Labute approximate surface area is 161 Å². The summed E-state index contributed by atoms with van der Waals surface area (Å²) in [6.07, 6.45) is -0.112. The van der Waals surface area contributed by atoms with Crippen molar-refractivity contribution < 1.29 is 9.53 Å². The monoisotopic (exact) mass is 382 g/mol. The second kappa shape index (κ2) is 7.49. The lowest BCUT2D eigenvalue weighted by Crippen LogP contribution is -2.48. The number of morpholine rings is 1. The summed E-state index contributed by atoms with van der Waals surface area (Å²) >= 11 is 0. The van der Waals surface area contributed by atoms with Crippen molar-refractivity contribution in [3.63, 3.8) is 0 Å². The Morgan fingerprint density at radius 3 is 3.00 bits per heavy atom. The van der Waals surface area contributed by atoms with Crippen molar-refractivity contribution >= 4 is 5.91 Å². The molecule has 10 nitrogen and oxygen atoms in total. The largest absolute Gasteiger partial charge is 0.373 e. The van der Waals surface area contributed by atoms with E-state index in [1.54, 1.807) is 9.58 Å². The SMILES string of the molecule is Cc1nn(-c2nn[nH]n2)c(C)c1-c1cccc(C(=O)N2CCOC(CN)C2)c1. The average molecular weight is 382 g/mol. The van der Waals surface area contributed by atoms with Gasteiger partial charge in [-0.05, 0) is 36.8 Å². The number of benzene rings is 1. The van der Waals surface area contributed by atoms with Gasteiger partial charge in [-0.3, -0.25) is 4.79 Å². The van der Waals surface area contributed by atoms with Crippen LogP contribution in [0.25, 0.3) is 17.1 Å². The van der Waals surface area contributed by atoms with E-state index in [-0.39, 0.29) is 12.0 Å². The lowest BCUT2D eigenvalue weighted by molar-refractivity contribution is -0.0167. The molecule has 0 aliphatic carbocycles. The normalized spacial score (nSPS) is 17.1. The molecule has 10 heteroatoms. The molecule has 0 radical (unpaired) electrons. The second-order valence-corrected chi connectivity index (χ2v) is 6.73. The zero-order valence-corrected chi connectivity index (χ0v) is 15.8. The minimum Gasteiger partial charge on any atom is -0.373 e. The molecule has 1 saturated heterocycles. The van der Waals surface area contributed by atoms with Crippen molar-refractivity contribution in [2.45, 2.75) is 20.0 Å². The summed E-state index contributed by atoms with van der Waals surface area (Å²) in [7, 11) is 0. The summed E-state index contributed by atoms with van der Waals surface area (Å²) in [5.74, 6) is 0.352. The number of ether oxygens (including phenoxy) is 1. The van der Waals surface area contributed by atoms with Crippen molar-refractivity contribution in [1.29, 1.82) is 0 Å². The minimum atomic E-state index is -0.112. The van der Waals surface area contributed by atoms with Crippen LogP contribution in [0, 0.1) is 13.8 Å². The number of hydrogen-bond donors (Lipinski definition) is 2. The zero-order chi connectivity index (χ0) is 19.7. The molecule has 146 valence electrons. The second-order valence-electron chi connectivity index (χ2n) is 6.73. The summed E-state index contributed by atoms with van der Waals surface area (Å²) in [5.41, 5.74) is 9.87. The first-order chi connectivity index (χ1) is 13.6. The van der Waals surface area contributed by atoms with E-state index in [9.17, 15) is 4.79 Å². The number of nitrogens with one attached hydrogen (secondary N) is 1. The number of rotatable bonds is 4. The molecule has 3 heterocycles.